The van der Waals surface area contributed by atoms with E-state index in [1.54, 1.807) is 6.08 Å². The van der Waals surface area contributed by atoms with Crippen molar-refractivity contribution in [3.05, 3.63) is 36.0 Å². The number of hydrogen-bond donors (Lipinski definition) is 4. The molecule has 6 fully saturated rings. The van der Waals surface area contributed by atoms with Gasteiger partial charge < -0.3 is 63.5 Å². The van der Waals surface area contributed by atoms with Gasteiger partial charge in [-0.2, -0.15) is 0 Å². The van der Waals surface area contributed by atoms with Crippen LogP contribution in [0.2, 0.25) is 0 Å². The Labute approximate surface area is 366 Å². The first-order valence-corrected chi connectivity index (χ1v) is 21.6. The summed E-state index contributed by atoms with van der Waals surface area (Å²) in [6.07, 6.45) is 9.10. The SMILES string of the molecule is C=C1[C@@H](O)[C@@H]2O[C@]3(CC[C@H](/C=C/[C@@H](C)[C@@H]4CC(C)=C[C@@]5(O[C@H](C[C@@](C)(O)C(=O)[O-])CC[C@H]5O)O4)O3)CC[C@H]2O[C@@H]1[C@@H](O)C[C@H](C)[C@H]1O[C@@]2(CCCCO2)CC[C@H]1C.[Na+]. The number of carbonyl (C=O) groups is 1. The minimum absolute atomic E-state index is 0. The molecular weight excluding hydrogens is 759 g/mol. The van der Waals surface area contributed by atoms with Crippen LogP contribution in [-0.4, -0.2) is 117 Å². The molecule has 0 radical (unpaired) electrons. The third kappa shape index (κ3) is 9.89. The summed E-state index contributed by atoms with van der Waals surface area (Å²) >= 11 is 0. The first-order chi connectivity index (χ1) is 26.9. The van der Waals surface area contributed by atoms with E-state index in [0.717, 1.165) is 50.7 Å². The molecule has 0 aromatic heterocycles. The molecule has 17 atom stereocenters. The Morgan fingerprint density at radius 3 is 2.48 bits per heavy atom. The number of carboxylic acid groups (broad SMARTS) is 1. The average Bonchev–Trinajstić information content (AvgIpc) is 3.56. The Bertz CT molecular complexity index is 1510. The van der Waals surface area contributed by atoms with Gasteiger partial charge >= 0.3 is 29.6 Å². The molecule has 322 valence electrons. The second-order valence-corrected chi connectivity index (χ2v) is 18.9. The van der Waals surface area contributed by atoms with Crippen molar-refractivity contribution in [2.75, 3.05) is 6.61 Å². The Morgan fingerprint density at radius 2 is 1.76 bits per heavy atom. The van der Waals surface area contributed by atoms with Gasteiger partial charge in [-0.1, -0.05) is 45.1 Å². The summed E-state index contributed by atoms with van der Waals surface area (Å²) in [5.41, 5.74) is -0.677. The largest absolute Gasteiger partial charge is 1.00 e. The second-order valence-electron chi connectivity index (χ2n) is 18.9. The van der Waals surface area contributed by atoms with E-state index in [9.17, 15) is 30.3 Å². The van der Waals surface area contributed by atoms with Crippen LogP contribution < -0.4 is 34.7 Å². The van der Waals surface area contributed by atoms with Gasteiger partial charge in [0, 0.05) is 38.0 Å². The van der Waals surface area contributed by atoms with E-state index in [2.05, 4.69) is 20.4 Å². The number of hydrogen-bond acceptors (Lipinski definition) is 13. The molecular formula is C44H67NaO13. The molecule has 0 aromatic carbocycles. The van der Waals surface area contributed by atoms with E-state index in [1.807, 2.05) is 26.0 Å². The molecule has 14 heteroatoms. The molecule has 0 aliphatic carbocycles. The van der Waals surface area contributed by atoms with E-state index in [0.29, 0.717) is 56.4 Å². The molecule has 6 saturated heterocycles. The molecule has 0 saturated carbocycles. The predicted molar refractivity (Wildman–Crippen MR) is 205 cm³/mol. The summed E-state index contributed by atoms with van der Waals surface area (Å²) in [7, 11) is 0. The number of rotatable bonds is 10. The van der Waals surface area contributed by atoms with E-state index in [4.69, 9.17) is 33.2 Å². The number of aliphatic hydroxyl groups excluding tert-OH is 3. The number of fused-ring (bicyclic) bond motifs is 1. The van der Waals surface area contributed by atoms with Crippen molar-refractivity contribution in [2.45, 2.75) is 209 Å². The van der Waals surface area contributed by atoms with Gasteiger partial charge in [0.2, 0.25) is 5.79 Å². The van der Waals surface area contributed by atoms with Crippen molar-refractivity contribution in [2.24, 2.45) is 17.8 Å². The fourth-order valence-corrected chi connectivity index (χ4v) is 10.5. The number of carbonyl (C=O) groups excluding carboxylic acids is 1. The Hall–Kier alpha value is -0.750. The van der Waals surface area contributed by atoms with E-state index in [1.165, 1.54) is 6.92 Å². The minimum atomic E-state index is -2.07. The van der Waals surface area contributed by atoms with Crippen molar-refractivity contribution in [1.29, 1.82) is 0 Å². The quantitative estimate of drug-likeness (QED) is 0.180. The number of aliphatic carboxylic acids is 1. The van der Waals surface area contributed by atoms with Crippen LogP contribution in [-0.2, 0) is 38.0 Å². The van der Waals surface area contributed by atoms with E-state index in [-0.39, 0.29) is 66.1 Å². The molecule has 3 spiro atoms. The summed E-state index contributed by atoms with van der Waals surface area (Å²) in [5.74, 6) is -4.11. The summed E-state index contributed by atoms with van der Waals surface area (Å²) in [6, 6.07) is 0. The van der Waals surface area contributed by atoms with Crippen LogP contribution >= 0.6 is 0 Å². The summed E-state index contributed by atoms with van der Waals surface area (Å²) in [4.78, 5) is 11.5. The van der Waals surface area contributed by atoms with Gasteiger partial charge in [-0.05, 0) is 95.1 Å². The van der Waals surface area contributed by atoms with Gasteiger partial charge in [0.25, 0.3) is 0 Å². The molecule has 0 unspecified atom stereocenters. The fraction of sp³-hybridized carbons (Fsp3) is 0.841. The van der Waals surface area contributed by atoms with Crippen molar-refractivity contribution in [1.82, 2.24) is 0 Å². The molecule has 13 nitrogen and oxygen atoms in total. The van der Waals surface area contributed by atoms with Gasteiger partial charge in [0.05, 0.1) is 49.2 Å². The van der Waals surface area contributed by atoms with Crippen molar-refractivity contribution < 1.29 is 93.0 Å². The fourth-order valence-electron chi connectivity index (χ4n) is 10.5. The Balaban J connectivity index is 0.00000567. The normalized spacial score (nSPS) is 44.6. The molecule has 7 aliphatic heterocycles. The monoisotopic (exact) mass is 826 g/mol. The number of ether oxygens (including phenoxy) is 7. The Kier molecular flexibility index (Phi) is 14.9. The van der Waals surface area contributed by atoms with Crippen molar-refractivity contribution >= 4 is 5.97 Å². The van der Waals surface area contributed by atoms with Gasteiger partial charge in [-0.25, -0.2) is 0 Å². The molecule has 58 heavy (non-hydrogen) atoms. The molecule has 0 bridgehead atoms. The van der Waals surface area contributed by atoms with Gasteiger partial charge in [-0.15, -0.1) is 0 Å². The van der Waals surface area contributed by atoms with Gasteiger partial charge in [0.1, 0.15) is 30.0 Å². The van der Waals surface area contributed by atoms with Crippen molar-refractivity contribution in [3.8, 4) is 0 Å². The number of aliphatic hydroxyl groups is 4. The van der Waals surface area contributed by atoms with Crippen LogP contribution in [0.15, 0.2) is 36.0 Å². The molecule has 7 rings (SSSR count). The third-order valence-corrected chi connectivity index (χ3v) is 14.0. The second kappa shape index (κ2) is 18.5. The first-order valence-electron chi connectivity index (χ1n) is 21.6. The summed E-state index contributed by atoms with van der Waals surface area (Å²) in [6.45, 7) is 14.4. The summed E-state index contributed by atoms with van der Waals surface area (Å²) < 4.78 is 45.2. The topological polar surface area (TPSA) is 186 Å². The first kappa shape index (κ1) is 46.7. The maximum Gasteiger partial charge on any atom is 1.00 e. The molecule has 0 aromatic rings. The smallest absolute Gasteiger partial charge is 0.547 e. The van der Waals surface area contributed by atoms with Crippen molar-refractivity contribution in [3.63, 3.8) is 0 Å². The molecule has 0 amide bonds. The maximum absolute atomic E-state index is 11.5. The zero-order valence-electron chi connectivity index (χ0n) is 35.5. The molecule has 4 N–H and O–H groups in total. The van der Waals surface area contributed by atoms with Crippen LogP contribution in [0, 0.1) is 17.8 Å². The van der Waals surface area contributed by atoms with Crippen LogP contribution in [0.5, 0.6) is 0 Å². The van der Waals surface area contributed by atoms with Gasteiger partial charge in [-0.3, -0.25) is 0 Å². The number of carboxylic acids is 1. The van der Waals surface area contributed by atoms with Crippen LogP contribution in [0.4, 0.5) is 0 Å². The minimum Gasteiger partial charge on any atom is -0.547 e. The van der Waals surface area contributed by atoms with Crippen LogP contribution in [0.3, 0.4) is 0 Å². The zero-order valence-corrected chi connectivity index (χ0v) is 37.5. The summed E-state index contributed by atoms with van der Waals surface area (Å²) in [5, 5.41) is 56.0. The predicted octanol–water partition coefficient (Wildman–Crippen LogP) is 0.883. The zero-order chi connectivity index (χ0) is 40.9. The third-order valence-electron chi connectivity index (χ3n) is 14.0. The van der Waals surface area contributed by atoms with E-state index >= 15 is 0 Å². The standard InChI is InChI=1S/C44H68O13.Na/c1-25-21-34(55-44(23-25)35(46)12-11-31(54-44)24-41(6,50)40(48)49)26(2)9-10-30-14-18-43(53-30)19-15-33-39(57-43)36(47)29(5)38(52-33)32(45)22-28(4)37-27(3)13-17-42(56-37)16-7-8-20-51-42;/h9-10,23,26-28,30-39,45-47,50H,5,7-8,11-22,24H2,1-4,6H3,(H,48,49);/q;+1/p-1/b10-9+;/t26-,27-,28+,30+,31+,32+,33-,34+,35-,36-,37+,38+,39-,41-,42+,43-,44-;/m1./s1. The Morgan fingerprint density at radius 1 is 1.02 bits per heavy atom. The van der Waals surface area contributed by atoms with Gasteiger partial charge in [0.15, 0.2) is 11.6 Å². The van der Waals surface area contributed by atoms with E-state index < -0.39 is 71.7 Å². The maximum atomic E-state index is 11.5. The molecule has 7 aliphatic rings. The molecule has 7 heterocycles. The van der Waals surface area contributed by atoms with Crippen LogP contribution in [0.25, 0.3) is 0 Å². The average molecular weight is 827 g/mol. The van der Waals surface area contributed by atoms with Crippen LogP contribution in [0.1, 0.15) is 125 Å².